The maximum absolute atomic E-state index is 9.45. The van der Waals surface area contributed by atoms with Gasteiger partial charge in [-0.05, 0) is 18.2 Å². The Labute approximate surface area is 125 Å². The Kier molecular flexibility index (Phi) is 6.03. The standard InChI is InChI=1S/C16H22N2O3/c1-20-16-5-4-13(3-2-6-17)9-14(16)10-18-7-8-21-12-15(18)11-19/h4-5,9,15,19H,6-8,10-12,17H2,1H3. The Hall–Kier alpha value is -1.58. The van der Waals surface area contributed by atoms with Gasteiger partial charge in [0.1, 0.15) is 5.75 Å². The van der Waals surface area contributed by atoms with E-state index in [4.69, 9.17) is 15.2 Å². The average Bonchev–Trinajstić information content (AvgIpc) is 2.53. The number of rotatable bonds is 4. The predicted molar refractivity (Wildman–Crippen MR) is 81.0 cm³/mol. The van der Waals surface area contributed by atoms with Crippen molar-refractivity contribution in [2.24, 2.45) is 5.73 Å². The Morgan fingerprint density at radius 3 is 3.10 bits per heavy atom. The number of nitrogens with two attached hydrogens (primary N) is 1. The zero-order chi connectivity index (χ0) is 15.1. The van der Waals surface area contributed by atoms with Gasteiger partial charge in [-0.1, -0.05) is 11.8 Å². The summed E-state index contributed by atoms with van der Waals surface area (Å²) < 4.78 is 10.8. The summed E-state index contributed by atoms with van der Waals surface area (Å²) in [7, 11) is 1.66. The van der Waals surface area contributed by atoms with Crippen LogP contribution in [0.3, 0.4) is 0 Å². The molecule has 0 radical (unpaired) electrons. The van der Waals surface area contributed by atoms with Crippen LogP contribution in [0.15, 0.2) is 18.2 Å². The van der Waals surface area contributed by atoms with Crippen molar-refractivity contribution in [1.29, 1.82) is 0 Å². The van der Waals surface area contributed by atoms with Crippen LogP contribution in [0.4, 0.5) is 0 Å². The third-order valence-corrected chi connectivity index (χ3v) is 3.55. The molecule has 21 heavy (non-hydrogen) atoms. The predicted octanol–water partition coefficient (Wildman–Crippen LogP) is 0.199. The van der Waals surface area contributed by atoms with E-state index in [2.05, 4.69) is 16.7 Å². The molecule has 1 atom stereocenters. The van der Waals surface area contributed by atoms with E-state index in [9.17, 15) is 5.11 Å². The highest BCUT2D eigenvalue weighted by Crippen LogP contribution is 2.23. The number of aliphatic hydroxyl groups is 1. The van der Waals surface area contributed by atoms with Crippen LogP contribution >= 0.6 is 0 Å². The molecule has 5 nitrogen and oxygen atoms in total. The highest BCUT2D eigenvalue weighted by atomic mass is 16.5. The molecule has 0 aliphatic carbocycles. The molecule has 1 aromatic rings. The topological polar surface area (TPSA) is 68.0 Å². The van der Waals surface area contributed by atoms with Crippen LogP contribution in [-0.2, 0) is 11.3 Å². The summed E-state index contributed by atoms with van der Waals surface area (Å²) in [6.45, 7) is 3.19. The quantitative estimate of drug-likeness (QED) is 0.775. The second-order valence-electron chi connectivity index (χ2n) is 4.91. The molecule has 0 saturated carbocycles. The first-order valence-corrected chi connectivity index (χ1v) is 7.07. The summed E-state index contributed by atoms with van der Waals surface area (Å²) >= 11 is 0. The molecular weight excluding hydrogens is 268 g/mol. The molecule has 1 fully saturated rings. The van der Waals surface area contributed by atoms with Gasteiger partial charge >= 0.3 is 0 Å². The summed E-state index contributed by atoms with van der Waals surface area (Å²) in [4.78, 5) is 2.21. The summed E-state index contributed by atoms with van der Waals surface area (Å²) in [6.07, 6.45) is 0. The fourth-order valence-corrected chi connectivity index (χ4v) is 2.42. The first kappa shape index (κ1) is 15.8. The lowest BCUT2D eigenvalue weighted by atomic mass is 10.1. The van der Waals surface area contributed by atoms with Crippen LogP contribution in [0.2, 0.25) is 0 Å². The van der Waals surface area contributed by atoms with E-state index < -0.39 is 0 Å². The van der Waals surface area contributed by atoms with Crippen LogP contribution in [0.1, 0.15) is 11.1 Å². The van der Waals surface area contributed by atoms with Crippen molar-refractivity contribution in [2.75, 3.05) is 40.0 Å². The fraction of sp³-hybridized carbons (Fsp3) is 0.500. The van der Waals surface area contributed by atoms with Gasteiger partial charge in [-0.25, -0.2) is 0 Å². The van der Waals surface area contributed by atoms with Crippen molar-refractivity contribution in [3.63, 3.8) is 0 Å². The number of ether oxygens (including phenoxy) is 2. The first-order chi connectivity index (χ1) is 10.3. The molecule has 0 spiro atoms. The van der Waals surface area contributed by atoms with E-state index in [0.29, 0.717) is 26.3 Å². The Bertz CT molecular complexity index is 522. The number of morpholine rings is 1. The number of hydrogen-bond donors (Lipinski definition) is 2. The lowest BCUT2D eigenvalue weighted by molar-refractivity contribution is -0.0314. The third-order valence-electron chi connectivity index (χ3n) is 3.55. The van der Waals surface area contributed by atoms with Gasteiger partial charge in [0.2, 0.25) is 0 Å². The molecule has 0 bridgehead atoms. The second-order valence-corrected chi connectivity index (χ2v) is 4.91. The molecule has 3 N–H and O–H groups in total. The van der Waals surface area contributed by atoms with E-state index in [1.54, 1.807) is 7.11 Å². The molecule has 5 heteroatoms. The monoisotopic (exact) mass is 290 g/mol. The van der Waals surface area contributed by atoms with Crippen LogP contribution in [0.5, 0.6) is 5.75 Å². The fourth-order valence-electron chi connectivity index (χ4n) is 2.42. The molecule has 1 saturated heterocycles. The maximum Gasteiger partial charge on any atom is 0.123 e. The van der Waals surface area contributed by atoms with E-state index in [0.717, 1.165) is 23.4 Å². The summed E-state index contributed by atoms with van der Waals surface area (Å²) in [5.41, 5.74) is 7.39. The Morgan fingerprint density at radius 1 is 1.52 bits per heavy atom. The summed E-state index contributed by atoms with van der Waals surface area (Å²) in [5, 5.41) is 9.45. The van der Waals surface area contributed by atoms with Crippen molar-refractivity contribution >= 4 is 0 Å². The lowest BCUT2D eigenvalue weighted by Gasteiger charge is -2.34. The van der Waals surface area contributed by atoms with Crippen molar-refractivity contribution in [3.05, 3.63) is 29.3 Å². The first-order valence-electron chi connectivity index (χ1n) is 7.07. The number of nitrogens with zero attached hydrogens (tertiary/aromatic N) is 1. The van der Waals surface area contributed by atoms with Crippen molar-refractivity contribution < 1.29 is 14.6 Å². The molecule has 0 amide bonds. The van der Waals surface area contributed by atoms with Crippen LogP contribution in [0.25, 0.3) is 0 Å². The van der Waals surface area contributed by atoms with Gasteiger partial charge in [-0.2, -0.15) is 0 Å². The van der Waals surface area contributed by atoms with E-state index >= 15 is 0 Å². The van der Waals surface area contributed by atoms with Crippen molar-refractivity contribution in [3.8, 4) is 17.6 Å². The van der Waals surface area contributed by atoms with Gasteiger partial charge in [-0.15, -0.1) is 0 Å². The molecule has 1 heterocycles. The number of hydrogen-bond acceptors (Lipinski definition) is 5. The van der Waals surface area contributed by atoms with Gasteiger partial charge in [-0.3, -0.25) is 4.90 Å². The molecule has 1 unspecified atom stereocenters. The van der Waals surface area contributed by atoms with Gasteiger partial charge < -0.3 is 20.3 Å². The zero-order valence-electron chi connectivity index (χ0n) is 12.3. The van der Waals surface area contributed by atoms with Crippen LogP contribution in [-0.4, -0.2) is 56.1 Å². The van der Waals surface area contributed by atoms with E-state index in [1.807, 2.05) is 18.2 Å². The molecule has 0 aromatic heterocycles. The number of aliphatic hydroxyl groups excluding tert-OH is 1. The molecule has 114 valence electrons. The SMILES string of the molecule is COc1ccc(C#CCN)cc1CN1CCOCC1CO. The zero-order valence-corrected chi connectivity index (χ0v) is 12.3. The van der Waals surface area contributed by atoms with Gasteiger partial charge in [0.25, 0.3) is 0 Å². The Balaban J connectivity index is 2.19. The van der Waals surface area contributed by atoms with Gasteiger partial charge in [0.15, 0.2) is 0 Å². The minimum atomic E-state index is 0.0299. The minimum Gasteiger partial charge on any atom is -0.496 e. The Morgan fingerprint density at radius 2 is 2.38 bits per heavy atom. The molecular formula is C16H22N2O3. The second kappa shape index (κ2) is 8.01. The van der Waals surface area contributed by atoms with Crippen LogP contribution < -0.4 is 10.5 Å². The summed E-state index contributed by atoms with van der Waals surface area (Å²) in [5.74, 6) is 6.72. The smallest absolute Gasteiger partial charge is 0.123 e. The molecule has 2 rings (SSSR count). The lowest BCUT2D eigenvalue weighted by Crippen LogP contribution is -2.46. The maximum atomic E-state index is 9.45. The average molecular weight is 290 g/mol. The van der Waals surface area contributed by atoms with Gasteiger partial charge in [0.05, 0.1) is 39.5 Å². The third kappa shape index (κ3) is 4.19. The van der Waals surface area contributed by atoms with E-state index in [1.165, 1.54) is 0 Å². The number of methoxy groups -OCH3 is 1. The van der Waals surface area contributed by atoms with Crippen LogP contribution in [0, 0.1) is 11.8 Å². The van der Waals surface area contributed by atoms with Gasteiger partial charge in [0, 0.05) is 24.2 Å². The minimum absolute atomic E-state index is 0.0299. The molecule has 1 aromatic carbocycles. The van der Waals surface area contributed by atoms with Crippen molar-refractivity contribution in [1.82, 2.24) is 4.90 Å². The highest BCUT2D eigenvalue weighted by Gasteiger charge is 2.23. The molecule has 1 aliphatic rings. The van der Waals surface area contributed by atoms with E-state index in [-0.39, 0.29) is 12.6 Å². The number of benzene rings is 1. The van der Waals surface area contributed by atoms with Crippen molar-refractivity contribution in [2.45, 2.75) is 12.6 Å². The summed E-state index contributed by atoms with van der Waals surface area (Å²) in [6, 6.07) is 5.89. The normalized spacial score (nSPS) is 18.9. The highest BCUT2D eigenvalue weighted by molar-refractivity contribution is 5.44. The molecule has 1 aliphatic heterocycles. The largest absolute Gasteiger partial charge is 0.496 e.